The lowest BCUT2D eigenvalue weighted by molar-refractivity contribution is -0.116. The van der Waals surface area contributed by atoms with Gasteiger partial charge in [0.1, 0.15) is 29.8 Å². The summed E-state index contributed by atoms with van der Waals surface area (Å²) in [5.41, 5.74) is 3.73. The van der Waals surface area contributed by atoms with E-state index in [9.17, 15) is 14.4 Å². The number of nitrogens with one attached hydrogen (secondary N) is 1. The molecule has 6 nitrogen and oxygen atoms in total. The highest BCUT2D eigenvalue weighted by molar-refractivity contribution is 6.02. The molecule has 0 unspecified atom stereocenters. The van der Waals surface area contributed by atoms with Crippen LogP contribution in [0.15, 0.2) is 90.6 Å². The third-order valence-electron chi connectivity index (χ3n) is 5.10. The first-order valence-corrected chi connectivity index (χ1v) is 10.5. The normalized spacial score (nSPS) is 11.0. The van der Waals surface area contributed by atoms with E-state index in [1.54, 1.807) is 23.0 Å². The van der Waals surface area contributed by atoms with Gasteiger partial charge >= 0.3 is 0 Å². The standard InChI is InChI=1S/C27H21FN4O2/c1-30-27(33)21(16-29)15-22-17-32(24-5-3-2-4-6-24)31-26(22)20-9-13-25(14-10-20)34-18-19-7-11-23(28)12-8-19/h2-15,17H,18H2,1H3,(H,30,33)/b21-15-. The van der Waals surface area contributed by atoms with Crippen LogP contribution >= 0.6 is 0 Å². The molecule has 0 aliphatic rings. The van der Waals surface area contributed by atoms with E-state index in [1.165, 1.54) is 25.3 Å². The van der Waals surface area contributed by atoms with E-state index < -0.39 is 5.91 Å². The number of carbonyl (C=O) groups is 1. The zero-order chi connectivity index (χ0) is 23.9. The molecule has 1 aromatic heterocycles. The Hall–Kier alpha value is -4.70. The van der Waals surface area contributed by atoms with Crippen molar-refractivity contribution in [1.29, 1.82) is 5.26 Å². The van der Waals surface area contributed by atoms with E-state index in [0.717, 1.165) is 16.8 Å². The Bertz CT molecular complexity index is 1350. The number of benzene rings is 3. The number of carbonyl (C=O) groups excluding carboxylic acids is 1. The number of ether oxygens (including phenoxy) is 1. The van der Waals surface area contributed by atoms with Crippen LogP contribution in [0.25, 0.3) is 23.0 Å². The maximum Gasteiger partial charge on any atom is 0.261 e. The van der Waals surface area contributed by atoms with Crippen LogP contribution in [0.2, 0.25) is 0 Å². The van der Waals surface area contributed by atoms with Crippen LogP contribution in [0.1, 0.15) is 11.1 Å². The van der Waals surface area contributed by atoms with E-state index in [-0.39, 0.29) is 11.4 Å². The van der Waals surface area contributed by atoms with Gasteiger partial charge in [-0.3, -0.25) is 4.79 Å². The second-order valence-electron chi connectivity index (χ2n) is 7.40. The molecule has 3 aromatic carbocycles. The first-order valence-electron chi connectivity index (χ1n) is 10.5. The van der Waals surface area contributed by atoms with Gasteiger partial charge in [-0.05, 0) is 60.2 Å². The zero-order valence-corrected chi connectivity index (χ0v) is 18.4. The van der Waals surface area contributed by atoms with Crippen molar-refractivity contribution in [1.82, 2.24) is 15.1 Å². The monoisotopic (exact) mass is 452 g/mol. The molecule has 0 saturated carbocycles. The second-order valence-corrected chi connectivity index (χ2v) is 7.40. The number of nitrogens with zero attached hydrogens (tertiary/aromatic N) is 3. The molecule has 0 saturated heterocycles. The summed E-state index contributed by atoms with van der Waals surface area (Å²) in [6.45, 7) is 0.313. The Morgan fingerprint density at radius 1 is 1.09 bits per heavy atom. The minimum atomic E-state index is -0.467. The molecule has 4 rings (SSSR count). The van der Waals surface area contributed by atoms with Gasteiger partial charge < -0.3 is 10.1 Å². The van der Waals surface area contributed by atoms with Crippen molar-refractivity contribution in [2.24, 2.45) is 0 Å². The molecular weight excluding hydrogens is 431 g/mol. The average Bonchev–Trinajstić information content (AvgIpc) is 3.31. The Kier molecular flexibility index (Phi) is 6.80. The molecule has 1 heterocycles. The maximum atomic E-state index is 13.1. The SMILES string of the molecule is CNC(=O)/C(C#N)=C\c1cn(-c2ccccc2)nc1-c1ccc(OCc2ccc(F)cc2)cc1. The highest BCUT2D eigenvalue weighted by atomic mass is 19.1. The zero-order valence-electron chi connectivity index (χ0n) is 18.4. The summed E-state index contributed by atoms with van der Waals surface area (Å²) in [5, 5.41) is 16.6. The predicted octanol–water partition coefficient (Wildman–Crippen LogP) is 4.91. The number of likely N-dealkylation sites (N-methyl/N-ethyl adjacent to an activating group) is 1. The Balaban J connectivity index is 1.64. The third-order valence-corrected chi connectivity index (χ3v) is 5.10. The maximum absolute atomic E-state index is 13.1. The third kappa shape index (κ3) is 5.19. The van der Waals surface area contributed by atoms with Crippen LogP contribution in [0.4, 0.5) is 4.39 Å². The van der Waals surface area contributed by atoms with Gasteiger partial charge in [0.25, 0.3) is 5.91 Å². The number of hydrogen-bond donors (Lipinski definition) is 1. The molecule has 34 heavy (non-hydrogen) atoms. The Morgan fingerprint density at radius 3 is 2.44 bits per heavy atom. The lowest BCUT2D eigenvalue weighted by Crippen LogP contribution is -2.19. The van der Waals surface area contributed by atoms with Gasteiger partial charge in [0.15, 0.2) is 0 Å². The van der Waals surface area contributed by atoms with Gasteiger partial charge in [0.05, 0.1) is 11.4 Å². The van der Waals surface area contributed by atoms with Gasteiger partial charge in [-0.2, -0.15) is 10.4 Å². The van der Waals surface area contributed by atoms with Crippen molar-refractivity contribution in [3.05, 3.63) is 108 Å². The van der Waals surface area contributed by atoms with E-state index in [1.807, 2.05) is 60.7 Å². The van der Waals surface area contributed by atoms with E-state index in [0.29, 0.717) is 23.6 Å². The van der Waals surface area contributed by atoms with Crippen LogP contribution in [0.5, 0.6) is 5.75 Å². The molecule has 0 aliphatic heterocycles. The Morgan fingerprint density at radius 2 is 1.79 bits per heavy atom. The largest absolute Gasteiger partial charge is 0.489 e. The molecule has 0 radical (unpaired) electrons. The van der Waals surface area contributed by atoms with E-state index >= 15 is 0 Å². The highest BCUT2D eigenvalue weighted by Crippen LogP contribution is 2.28. The molecule has 168 valence electrons. The average molecular weight is 452 g/mol. The summed E-state index contributed by atoms with van der Waals surface area (Å²) >= 11 is 0. The van der Waals surface area contributed by atoms with Crippen molar-refractivity contribution in [3.63, 3.8) is 0 Å². The van der Waals surface area contributed by atoms with Crippen molar-refractivity contribution in [2.75, 3.05) is 7.05 Å². The molecule has 0 fully saturated rings. The fraction of sp³-hybridized carbons (Fsp3) is 0.0741. The molecule has 7 heteroatoms. The summed E-state index contributed by atoms with van der Waals surface area (Å²) in [6, 6.07) is 25.0. The molecule has 0 atom stereocenters. The number of amides is 1. The van der Waals surface area contributed by atoms with Crippen molar-refractivity contribution >= 4 is 12.0 Å². The van der Waals surface area contributed by atoms with E-state index in [2.05, 4.69) is 5.32 Å². The summed E-state index contributed by atoms with van der Waals surface area (Å²) in [4.78, 5) is 12.1. The summed E-state index contributed by atoms with van der Waals surface area (Å²) in [6.07, 6.45) is 3.31. The molecular formula is C27H21FN4O2. The lowest BCUT2D eigenvalue weighted by Gasteiger charge is -2.07. The highest BCUT2D eigenvalue weighted by Gasteiger charge is 2.14. The number of aromatic nitrogens is 2. The summed E-state index contributed by atoms with van der Waals surface area (Å²) < 4.78 is 20.6. The van der Waals surface area contributed by atoms with Crippen molar-refractivity contribution < 1.29 is 13.9 Å². The molecule has 1 amide bonds. The molecule has 0 bridgehead atoms. The number of rotatable bonds is 7. The molecule has 0 aliphatic carbocycles. The minimum absolute atomic E-state index is 0.0180. The van der Waals surface area contributed by atoms with Gasteiger partial charge in [-0.1, -0.05) is 30.3 Å². The van der Waals surface area contributed by atoms with Gasteiger partial charge in [-0.25, -0.2) is 9.07 Å². The number of nitriles is 1. The van der Waals surface area contributed by atoms with Crippen LogP contribution in [-0.4, -0.2) is 22.7 Å². The van der Waals surface area contributed by atoms with Gasteiger partial charge in [0, 0.05) is 24.4 Å². The smallest absolute Gasteiger partial charge is 0.261 e. The number of para-hydroxylation sites is 1. The first-order chi connectivity index (χ1) is 16.6. The summed E-state index contributed by atoms with van der Waals surface area (Å²) in [7, 11) is 1.48. The fourth-order valence-electron chi connectivity index (χ4n) is 3.33. The fourth-order valence-corrected chi connectivity index (χ4v) is 3.33. The van der Waals surface area contributed by atoms with Gasteiger partial charge in [0.2, 0.25) is 0 Å². The number of hydrogen-bond acceptors (Lipinski definition) is 4. The van der Waals surface area contributed by atoms with E-state index in [4.69, 9.17) is 9.84 Å². The summed E-state index contributed by atoms with van der Waals surface area (Å²) in [5.74, 6) is -0.106. The molecule has 4 aromatic rings. The quantitative estimate of drug-likeness (QED) is 0.319. The topological polar surface area (TPSA) is 79.9 Å². The second kappa shape index (κ2) is 10.3. The number of halogens is 1. The Labute approximate surface area is 196 Å². The van der Waals surface area contributed by atoms with Crippen LogP contribution in [0, 0.1) is 17.1 Å². The van der Waals surface area contributed by atoms with Crippen LogP contribution in [-0.2, 0) is 11.4 Å². The molecule has 0 spiro atoms. The minimum Gasteiger partial charge on any atom is -0.489 e. The first kappa shape index (κ1) is 22.5. The van der Waals surface area contributed by atoms with Gasteiger partial charge in [-0.15, -0.1) is 0 Å². The van der Waals surface area contributed by atoms with Crippen molar-refractivity contribution in [2.45, 2.75) is 6.61 Å². The van der Waals surface area contributed by atoms with Crippen LogP contribution in [0.3, 0.4) is 0 Å². The predicted molar refractivity (Wildman–Crippen MR) is 127 cm³/mol. The molecule has 1 N–H and O–H groups in total. The van der Waals surface area contributed by atoms with Crippen molar-refractivity contribution in [3.8, 4) is 28.8 Å². The lowest BCUT2D eigenvalue weighted by atomic mass is 10.1. The van der Waals surface area contributed by atoms with Crippen LogP contribution < -0.4 is 10.1 Å².